The van der Waals surface area contributed by atoms with E-state index >= 15 is 0 Å². The highest BCUT2D eigenvalue weighted by Gasteiger charge is 2.44. The Bertz CT molecular complexity index is 715. The van der Waals surface area contributed by atoms with Crippen LogP contribution < -0.4 is 0 Å². The molecule has 2 aromatic carbocycles. The van der Waals surface area contributed by atoms with Crippen molar-refractivity contribution in [3.63, 3.8) is 0 Å². The Hall–Kier alpha value is -1.90. The summed E-state index contributed by atoms with van der Waals surface area (Å²) < 4.78 is 57.5. The molecule has 0 bridgehead atoms. The van der Waals surface area contributed by atoms with E-state index in [1.807, 2.05) is 22.9 Å². The molecule has 0 saturated carbocycles. The van der Waals surface area contributed by atoms with Gasteiger partial charge in [0.1, 0.15) is 0 Å². The molecule has 0 atom stereocenters. The van der Waals surface area contributed by atoms with Crippen LogP contribution in [0.4, 0.5) is 13.2 Å². The molecule has 8 heteroatoms. The minimum absolute atomic E-state index is 1.31. The first-order chi connectivity index (χ1) is 10.7. The maximum absolute atomic E-state index is 10.7. The lowest BCUT2D eigenvalue weighted by molar-refractivity contribution is -0.0510. The number of fused-ring (bicyclic) bond motifs is 1. The number of thiophene rings is 1. The van der Waals surface area contributed by atoms with Gasteiger partial charge in [0.15, 0.2) is 0 Å². The third-order valence-electron chi connectivity index (χ3n) is 2.38. The van der Waals surface area contributed by atoms with Crippen molar-refractivity contribution in [2.75, 3.05) is 0 Å². The standard InChI is InChI=1S/C10H8.C4H4S.CHF3O3S/c1-2-6-10-8-4-3-7-9(10)5-1;1-2-4-5-3-1;2-1(3,4)8(5,6)7/h1-8H;1-4H;(H,5,6,7). The normalized spacial score (nSPS) is 11.0. The number of halogens is 3. The molecule has 0 radical (unpaired) electrons. The van der Waals surface area contributed by atoms with Crippen LogP contribution in [-0.4, -0.2) is 18.5 Å². The lowest BCUT2D eigenvalue weighted by Gasteiger charge is -1.97. The second kappa shape index (κ2) is 8.66. The number of hydrogen-bond acceptors (Lipinski definition) is 3. The predicted molar refractivity (Wildman–Crippen MR) is 85.9 cm³/mol. The van der Waals surface area contributed by atoms with Crippen molar-refractivity contribution >= 4 is 32.2 Å². The molecule has 0 fully saturated rings. The molecule has 0 aliphatic rings. The molecule has 1 aromatic heterocycles. The Kier molecular flexibility index (Phi) is 7.21. The molecular formula is C15H13F3O3S2. The van der Waals surface area contributed by atoms with Gasteiger partial charge in [0.25, 0.3) is 0 Å². The van der Waals surface area contributed by atoms with Crippen LogP contribution in [0.5, 0.6) is 0 Å². The first-order valence-corrected chi connectivity index (χ1v) is 8.55. The monoisotopic (exact) mass is 362 g/mol. The topological polar surface area (TPSA) is 54.4 Å². The van der Waals surface area contributed by atoms with Crippen LogP contribution in [0.3, 0.4) is 0 Å². The number of benzene rings is 2. The maximum atomic E-state index is 10.7. The van der Waals surface area contributed by atoms with Gasteiger partial charge in [0.2, 0.25) is 0 Å². The highest BCUT2D eigenvalue weighted by molar-refractivity contribution is 7.86. The SMILES string of the molecule is O=S(=O)(O)C(F)(F)F.c1ccc2ccccc2c1.c1ccsc1. The quantitative estimate of drug-likeness (QED) is 0.453. The van der Waals surface area contributed by atoms with Crippen LogP contribution in [0.2, 0.25) is 0 Å². The molecule has 23 heavy (non-hydrogen) atoms. The molecule has 3 nitrogen and oxygen atoms in total. The molecular weight excluding hydrogens is 349 g/mol. The summed E-state index contributed by atoms with van der Waals surface area (Å²) in [5, 5.41) is 6.70. The maximum Gasteiger partial charge on any atom is 0.522 e. The second-order valence-corrected chi connectivity index (χ2v) is 6.29. The third kappa shape index (κ3) is 7.27. The summed E-state index contributed by atoms with van der Waals surface area (Å²) in [4.78, 5) is 0. The summed E-state index contributed by atoms with van der Waals surface area (Å²) in [6.07, 6.45) is 0. The summed E-state index contributed by atoms with van der Waals surface area (Å²) >= 11 is 1.71. The van der Waals surface area contributed by atoms with Crippen LogP contribution >= 0.6 is 11.3 Å². The van der Waals surface area contributed by atoms with E-state index in [0.29, 0.717) is 0 Å². The van der Waals surface area contributed by atoms with E-state index in [1.54, 1.807) is 11.3 Å². The molecule has 0 saturated heterocycles. The lowest BCUT2D eigenvalue weighted by atomic mass is 10.1. The van der Waals surface area contributed by atoms with Crippen LogP contribution in [0.1, 0.15) is 0 Å². The fraction of sp³-hybridized carbons (Fsp3) is 0.0667. The average molecular weight is 362 g/mol. The molecule has 3 aromatic rings. The average Bonchev–Trinajstić information content (AvgIpc) is 3.05. The predicted octanol–water partition coefficient (Wildman–Crippen LogP) is 4.98. The van der Waals surface area contributed by atoms with Crippen LogP contribution in [0.15, 0.2) is 71.4 Å². The van der Waals surface area contributed by atoms with Gasteiger partial charge >= 0.3 is 15.6 Å². The Morgan fingerprint density at radius 2 is 1.09 bits per heavy atom. The molecule has 0 aliphatic heterocycles. The molecule has 1 N–H and O–H groups in total. The van der Waals surface area contributed by atoms with E-state index in [4.69, 9.17) is 13.0 Å². The Morgan fingerprint density at radius 1 is 0.783 bits per heavy atom. The van der Waals surface area contributed by atoms with Crippen molar-refractivity contribution in [3.05, 3.63) is 71.4 Å². The lowest BCUT2D eigenvalue weighted by Crippen LogP contribution is -2.21. The molecule has 0 unspecified atom stereocenters. The summed E-state index contributed by atoms with van der Waals surface area (Å²) in [6, 6.07) is 20.8. The first kappa shape index (κ1) is 19.1. The van der Waals surface area contributed by atoms with Crippen molar-refractivity contribution in [2.24, 2.45) is 0 Å². The number of alkyl halides is 3. The van der Waals surface area contributed by atoms with Gasteiger partial charge in [-0.3, -0.25) is 4.55 Å². The Labute approximate surface area is 135 Å². The molecule has 0 aliphatic carbocycles. The van der Waals surface area contributed by atoms with Crippen LogP contribution in [0, 0.1) is 0 Å². The zero-order valence-electron chi connectivity index (χ0n) is 11.6. The Balaban J connectivity index is 0.000000183. The van der Waals surface area contributed by atoms with Crippen molar-refractivity contribution in [3.8, 4) is 0 Å². The van der Waals surface area contributed by atoms with Crippen molar-refractivity contribution in [2.45, 2.75) is 5.51 Å². The van der Waals surface area contributed by atoms with E-state index in [1.165, 1.54) is 10.8 Å². The number of rotatable bonds is 0. The highest BCUT2D eigenvalue weighted by atomic mass is 32.2. The minimum Gasteiger partial charge on any atom is -0.279 e. The first-order valence-electron chi connectivity index (χ1n) is 6.16. The summed E-state index contributed by atoms with van der Waals surface area (Å²) in [5.41, 5.74) is -5.53. The van der Waals surface area contributed by atoms with Gasteiger partial charge in [-0.25, -0.2) is 0 Å². The second-order valence-electron chi connectivity index (χ2n) is 4.06. The third-order valence-corrected chi connectivity index (χ3v) is 3.59. The van der Waals surface area contributed by atoms with E-state index in [2.05, 4.69) is 48.5 Å². The highest BCUT2D eigenvalue weighted by Crippen LogP contribution is 2.20. The largest absolute Gasteiger partial charge is 0.522 e. The summed E-state index contributed by atoms with van der Waals surface area (Å²) in [6.45, 7) is 0. The van der Waals surface area contributed by atoms with Crippen molar-refractivity contribution in [1.82, 2.24) is 0 Å². The summed E-state index contributed by atoms with van der Waals surface area (Å²) in [7, 11) is -5.84. The van der Waals surface area contributed by atoms with Crippen LogP contribution in [-0.2, 0) is 10.1 Å². The van der Waals surface area contributed by atoms with Gasteiger partial charge in [-0.05, 0) is 21.5 Å². The van der Waals surface area contributed by atoms with Crippen LogP contribution in [0.25, 0.3) is 10.8 Å². The zero-order valence-corrected chi connectivity index (χ0v) is 13.3. The van der Waals surface area contributed by atoms with Gasteiger partial charge in [0, 0.05) is 0 Å². The summed E-state index contributed by atoms with van der Waals surface area (Å²) in [5.74, 6) is 0. The fourth-order valence-electron chi connectivity index (χ4n) is 1.36. The van der Waals surface area contributed by atoms with Gasteiger partial charge < -0.3 is 0 Å². The van der Waals surface area contributed by atoms with Crippen molar-refractivity contribution in [1.29, 1.82) is 0 Å². The zero-order chi connectivity index (χ0) is 17.3. The smallest absolute Gasteiger partial charge is 0.279 e. The van der Waals surface area contributed by atoms with Gasteiger partial charge in [-0.1, -0.05) is 60.7 Å². The van der Waals surface area contributed by atoms with Gasteiger partial charge in [0.05, 0.1) is 0 Å². The molecule has 1 heterocycles. The van der Waals surface area contributed by atoms with Crippen molar-refractivity contribution < 1.29 is 26.1 Å². The molecule has 124 valence electrons. The van der Waals surface area contributed by atoms with E-state index in [0.717, 1.165) is 0 Å². The van der Waals surface area contributed by atoms with Gasteiger partial charge in [-0.2, -0.15) is 32.9 Å². The minimum atomic E-state index is -5.84. The molecule has 0 spiro atoms. The van der Waals surface area contributed by atoms with E-state index in [-0.39, 0.29) is 0 Å². The molecule has 3 rings (SSSR count). The molecule has 0 amide bonds. The Morgan fingerprint density at radius 3 is 1.26 bits per heavy atom. The van der Waals surface area contributed by atoms with E-state index in [9.17, 15) is 13.2 Å². The van der Waals surface area contributed by atoms with Gasteiger partial charge in [-0.15, -0.1) is 0 Å². The van der Waals surface area contributed by atoms with E-state index < -0.39 is 15.6 Å². The number of hydrogen-bond donors (Lipinski definition) is 1. The fourth-order valence-corrected chi connectivity index (χ4v) is 1.81.